The van der Waals surface area contributed by atoms with Gasteiger partial charge in [0.1, 0.15) is 0 Å². The van der Waals surface area contributed by atoms with Gasteiger partial charge in [-0.1, -0.05) is 35.5 Å². The van der Waals surface area contributed by atoms with Crippen LogP contribution in [0.25, 0.3) is 0 Å². The molecule has 2 heterocycles. The molecule has 1 aliphatic heterocycles. The van der Waals surface area contributed by atoms with Crippen LogP contribution in [0.2, 0.25) is 0 Å². The molecule has 0 spiro atoms. The number of nitrogens with one attached hydrogen (secondary N) is 1. The highest BCUT2D eigenvalue weighted by atomic mass is 16.5. The molecule has 6 nitrogen and oxygen atoms in total. The molecule has 2 aromatic rings. The second-order valence-corrected chi connectivity index (χ2v) is 6.42. The Kier molecular flexibility index (Phi) is 6.19. The number of hydrogen-bond donors (Lipinski definition) is 1. The Morgan fingerprint density at radius 3 is 3.04 bits per heavy atom. The molecule has 1 amide bonds. The summed E-state index contributed by atoms with van der Waals surface area (Å²) in [7, 11) is 1.60. The maximum absolute atomic E-state index is 12.0. The summed E-state index contributed by atoms with van der Waals surface area (Å²) in [5.41, 5.74) is 2.19. The first kappa shape index (κ1) is 17.6. The smallest absolute Gasteiger partial charge is 0.289 e. The summed E-state index contributed by atoms with van der Waals surface area (Å²) in [4.78, 5) is 14.5. The molecule has 0 bridgehead atoms. The number of amides is 1. The van der Waals surface area contributed by atoms with Gasteiger partial charge in [0.2, 0.25) is 5.76 Å². The van der Waals surface area contributed by atoms with Crippen molar-refractivity contribution in [2.75, 3.05) is 33.4 Å². The zero-order valence-electron chi connectivity index (χ0n) is 14.6. The summed E-state index contributed by atoms with van der Waals surface area (Å²) >= 11 is 0. The Hall–Kier alpha value is -2.18. The molecule has 0 aliphatic carbocycles. The van der Waals surface area contributed by atoms with Gasteiger partial charge in [0.05, 0.1) is 12.3 Å². The average molecular weight is 343 g/mol. The number of aromatic nitrogens is 1. The molecule has 0 saturated carbocycles. The Labute approximate surface area is 148 Å². The number of likely N-dealkylation sites (tertiary alicyclic amines) is 1. The predicted octanol–water partition coefficient (Wildman–Crippen LogP) is 2.43. The fourth-order valence-corrected chi connectivity index (χ4v) is 3.22. The van der Waals surface area contributed by atoms with E-state index in [1.54, 1.807) is 13.2 Å². The van der Waals surface area contributed by atoms with Crippen molar-refractivity contribution in [2.24, 2.45) is 0 Å². The van der Waals surface area contributed by atoms with Gasteiger partial charge in [0, 0.05) is 38.7 Å². The predicted molar refractivity (Wildman–Crippen MR) is 94.4 cm³/mol. The normalized spacial score (nSPS) is 18.2. The average Bonchev–Trinajstić information content (AvgIpc) is 3.13. The van der Waals surface area contributed by atoms with Crippen molar-refractivity contribution in [1.82, 2.24) is 15.4 Å². The standard InChI is InChI=1S/C19H25N3O3/c1-24-11-9-20-19(23)18-12-17(21-25-18)16-8-5-10-22(14-16)13-15-6-3-2-4-7-15/h2-4,6-7,12,16H,5,8-11,13-14H2,1H3,(H,20,23). The first-order valence-corrected chi connectivity index (χ1v) is 8.76. The fraction of sp³-hybridized carbons (Fsp3) is 0.474. The molecule has 1 atom stereocenters. The van der Waals surface area contributed by atoms with Crippen LogP contribution in [-0.4, -0.2) is 49.3 Å². The second-order valence-electron chi connectivity index (χ2n) is 6.42. The summed E-state index contributed by atoms with van der Waals surface area (Å²) in [5, 5.41) is 6.89. The molecule has 1 unspecified atom stereocenters. The largest absolute Gasteiger partial charge is 0.383 e. The molecule has 1 N–H and O–H groups in total. The number of piperidine rings is 1. The van der Waals surface area contributed by atoms with E-state index in [9.17, 15) is 4.79 Å². The third kappa shape index (κ3) is 4.90. The van der Waals surface area contributed by atoms with Crippen molar-refractivity contribution in [3.05, 3.63) is 53.4 Å². The van der Waals surface area contributed by atoms with Gasteiger partial charge in [0.25, 0.3) is 5.91 Å². The highest BCUT2D eigenvalue weighted by molar-refractivity contribution is 5.91. The van der Waals surface area contributed by atoms with Crippen LogP contribution in [0.4, 0.5) is 0 Å². The van der Waals surface area contributed by atoms with Crippen molar-refractivity contribution in [2.45, 2.75) is 25.3 Å². The van der Waals surface area contributed by atoms with E-state index < -0.39 is 0 Å². The van der Waals surface area contributed by atoms with Crippen LogP contribution in [-0.2, 0) is 11.3 Å². The maximum Gasteiger partial charge on any atom is 0.289 e. The van der Waals surface area contributed by atoms with Gasteiger partial charge >= 0.3 is 0 Å². The van der Waals surface area contributed by atoms with E-state index in [-0.39, 0.29) is 11.7 Å². The fourth-order valence-electron chi connectivity index (χ4n) is 3.22. The molecule has 1 aromatic heterocycles. The lowest BCUT2D eigenvalue weighted by atomic mass is 9.94. The molecule has 6 heteroatoms. The van der Waals surface area contributed by atoms with Crippen LogP contribution in [0.3, 0.4) is 0 Å². The van der Waals surface area contributed by atoms with Crippen molar-refractivity contribution < 1.29 is 14.1 Å². The van der Waals surface area contributed by atoms with Crippen molar-refractivity contribution >= 4 is 5.91 Å². The van der Waals surface area contributed by atoms with Crippen LogP contribution in [0, 0.1) is 0 Å². The molecule has 134 valence electrons. The van der Waals surface area contributed by atoms with Gasteiger partial charge < -0.3 is 14.6 Å². The minimum atomic E-state index is -0.243. The first-order chi connectivity index (χ1) is 12.3. The Bertz CT molecular complexity index is 672. The number of carbonyl (C=O) groups is 1. The highest BCUT2D eigenvalue weighted by Gasteiger charge is 2.25. The highest BCUT2D eigenvalue weighted by Crippen LogP contribution is 2.27. The number of ether oxygens (including phenoxy) is 1. The topological polar surface area (TPSA) is 67.6 Å². The van der Waals surface area contributed by atoms with Gasteiger partial charge in [-0.2, -0.15) is 0 Å². The molecule has 1 saturated heterocycles. The monoisotopic (exact) mass is 343 g/mol. The molecule has 1 aromatic carbocycles. The first-order valence-electron chi connectivity index (χ1n) is 8.76. The molecule has 0 radical (unpaired) electrons. The Balaban J connectivity index is 1.57. The summed E-state index contributed by atoms with van der Waals surface area (Å²) in [5.74, 6) is 0.334. The van der Waals surface area contributed by atoms with Crippen molar-refractivity contribution in [3.63, 3.8) is 0 Å². The lowest BCUT2D eigenvalue weighted by Crippen LogP contribution is -2.34. The van der Waals surface area contributed by atoms with Crippen LogP contribution in [0.5, 0.6) is 0 Å². The third-order valence-electron chi connectivity index (χ3n) is 4.52. The SMILES string of the molecule is COCCNC(=O)c1cc(C2CCCN(Cc3ccccc3)C2)no1. The van der Waals surface area contributed by atoms with Crippen molar-refractivity contribution in [3.8, 4) is 0 Å². The van der Waals surface area contributed by atoms with Crippen LogP contribution in [0.1, 0.15) is 40.6 Å². The number of carbonyl (C=O) groups excluding carboxylic acids is 1. The second kappa shape index (κ2) is 8.78. The molecule has 1 aliphatic rings. The van der Waals surface area contributed by atoms with E-state index in [0.717, 1.165) is 38.2 Å². The molecular weight excluding hydrogens is 318 g/mol. The molecule has 1 fully saturated rings. The van der Waals surface area contributed by atoms with E-state index in [0.29, 0.717) is 19.1 Å². The zero-order valence-corrected chi connectivity index (χ0v) is 14.6. The van der Waals surface area contributed by atoms with Crippen molar-refractivity contribution in [1.29, 1.82) is 0 Å². The number of methoxy groups -OCH3 is 1. The minimum absolute atomic E-state index is 0.243. The third-order valence-corrected chi connectivity index (χ3v) is 4.52. The van der Waals surface area contributed by atoms with Gasteiger partial charge in [-0.3, -0.25) is 9.69 Å². The number of nitrogens with zero attached hydrogens (tertiary/aromatic N) is 2. The van der Waals surface area contributed by atoms with Gasteiger partial charge in [-0.15, -0.1) is 0 Å². The van der Waals surface area contributed by atoms with E-state index in [2.05, 4.69) is 39.6 Å². The van der Waals surface area contributed by atoms with Gasteiger partial charge in [-0.05, 0) is 24.9 Å². The quantitative estimate of drug-likeness (QED) is 0.782. The maximum atomic E-state index is 12.0. The molecule has 3 rings (SSSR count). The number of hydrogen-bond acceptors (Lipinski definition) is 5. The van der Waals surface area contributed by atoms with Gasteiger partial charge in [-0.25, -0.2) is 0 Å². The lowest BCUT2D eigenvalue weighted by Gasteiger charge is -2.31. The van der Waals surface area contributed by atoms with Crippen LogP contribution in [0.15, 0.2) is 40.9 Å². The summed E-state index contributed by atoms with van der Waals surface area (Å²) in [6, 6.07) is 12.3. The minimum Gasteiger partial charge on any atom is -0.383 e. The number of rotatable bonds is 7. The van der Waals surface area contributed by atoms with E-state index in [1.807, 2.05) is 6.07 Å². The van der Waals surface area contributed by atoms with E-state index in [1.165, 1.54) is 5.56 Å². The van der Waals surface area contributed by atoms with Crippen LogP contribution >= 0.6 is 0 Å². The van der Waals surface area contributed by atoms with E-state index >= 15 is 0 Å². The zero-order chi connectivity index (χ0) is 17.5. The Morgan fingerprint density at radius 1 is 1.40 bits per heavy atom. The summed E-state index contributed by atoms with van der Waals surface area (Å²) < 4.78 is 10.2. The van der Waals surface area contributed by atoms with Crippen LogP contribution < -0.4 is 5.32 Å². The van der Waals surface area contributed by atoms with Gasteiger partial charge in [0.15, 0.2) is 0 Å². The molecule has 25 heavy (non-hydrogen) atoms. The van der Waals surface area contributed by atoms with E-state index in [4.69, 9.17) is 9.26 Å². The summed E-state index contributed by atoms with van der Waals surface area (Å²) in [6.45, 7) is 3.91. The Morgan fingerprint density at radius 2 is 2.24 bits per heavy atom. The summed E-state index contributed by atoms with van der Waals surface area (Å²) in [6.07, 6.45) is 2.20. The molecular formula is C19H25N3O3. The lowest BCUT2D eigenvalue weighted by molar-refractivity contribution is 0.0900. The number of benzene rings is 1.